The van der Waals surface area contributed by atoms with Crippen molar-refractivity contribution in [2.45, 2.75) is 24.1 Å². The summed E-state index contributed by atoms with van der Waals surface area (Å²) in [5.74, 6) is -1.20. The second-order valence-electron chi connectivity index (χ2n) is 4.79. The van der Waals surface area contributed by atoms with E-state index in [4.69, 9.17) is 9.52 Å². The Hall–Kier alpha value is -2.17. The summed E-state index contributed by atoms with van der Waals surface area (Å²) < 4.78 is 36.6. The van der Waals surface area contributed by atoms with Crippen LogP contribution in [-0.2, 0) is 32.5 Å². The minimum atomic E-state index is -3.80. The molecular weight excluding hydrogens is 358 g/mol. The predicted octanol–water partition coefficient (Wildman–Crippen LogP) is 1.54. The summed E-state index contributed by atoms with van der Waals surface area (Å²) >= 11 is 0.956. The van der Waals surface area contributed by atoms with Crippen LogP contribution in [0.4, 0.5) is 0 Å². The van der Waals surface area contributed by atoms with Crippen LogP contribution in [0.15, 0.2) is 26.8 Å². The first-order valence-corrected chi connectivity index (χ1v) is 9.00. The number of methoxy groups -OCH3 is 1. The van der Waals surface area contributed by atoms with Crippen LogP contribution in [0.2, 0.25) is 0 Å². The average molecular weight is 373 g/mol. The summed E-state index contributed by atoms with van der Waals surface area (Å²) in [5.41, 5.74) is -0.0133. The molecule has 0 saturated heterocycles. The van der Waals surface area contributed by atoms with E-state index in [9.17, 15) is 18.0 Å². The molecule has 0 aliphatic carbocycles. The lowest BCUT2D eigenvalue weighted by Gasteiger charge is -2.02. The van der Waals surface area contributed by atoms with Crippen molar-refractivity contribution in [3.8, 4) is 0 Å². The van der Waals surface area contributed by atoms with Crippen molar-refractivity contribution in [3.05, 3.63) is 40.2 Å². The van der Waals surface area contributed by atoms with E-state index >= 15 is 0 Å². The largest absolute Gasteiger partial charge is 0.478 e. The first-order chi connectivity index (χ1) is 11.2. The molecule has 2 N–H and O–H groups in total. The number of esters is 1. The van der Waals surface area contributed by atoms with Gasteiger partial charge in [-0.1, -0.05) is 0 Å². The van der Waals surface area contributed by atoms with Crippen LogP contribution in [0.25, 0.3) is 0 Å². The third kappa shape index (κ3) is 4.22. The van der Waals surface area contributed by atoms with Crippen LogP contribution >= 0.6 is 11.3 Å². The maximum atomic E-state index is 12.2. The van der Waals surface area contributed by atoms with Crippen molar-refractivity contribution in [2.24, 2.45) is 0 Å². The second-order valence-corrected chi connectivity index (χ2v) is 7.95. The van der Waals surface area contributed by atoms with Crippen molar-refractivity contribution < 1.29 is 32.3 Å². The number of aromatic carboxylic acids is 1. The standard InChI is InChI=1S/C14H15NO7S2/c1-8-11(14(17)18)5-9(22-8)7-15-24(19,20)13-4-3-10(23-13)6-12(16)21-2/h3-5,15H,6-7H2,1-2H3,(H,17,18). The number of sulfonamides is 1. The third-order valence-electron chi connectivity index (χ3n) is 3.08. The molecule has 130 valence electrons. The molecule has 2 rings (SSSR count). The Morgan fingerprint density at radius 3 is 2.67 bits per heavy atom. The number of carbonyl (C=O) groups excluding carboxylic acids is 1. The summed E-state index contributed by atoms with van der Waals surface area (Å²) in [7, 11) is -2.54. The number of carbonyl (C=O) groups is 2. The van der Waals surface area contributed by atoms with Gasteiger partial charge in [0.15, 0.2) is 0 Å². The quantitative estimate of drug-likeness (QED) is 0.706. The fourth-order valence-corrected chi connectivity index (χ4v) is 4.27. The minimum Gasteiger partial charge on any atom is -0.478 e. The molecule has 0 aromatic carbocycles. The van der Waals surface area contributed by atoms with E-state index in [1.807, 2.05) is 0 Å². The van der Waals surface area contributed by atoms with Crippen molar-refractivity contribution in [1.82, 2.24) is 4.72 Å². The highest BCUT2D eigenvalue weighted by molar-refractivity contribution is 7.91. The Kier molecular flexibility index (Phi) is 5.42. The highest BCUT2D eigenvalue weighted by Crippen LogP contribution is 2.23. The summed E-state index contributed by atoms with van der Waals surface area (Å²) in [6.45, 7) is 1.31. The van der Waals surface area contributed by atoms with Crippen LogP contribution in [0.5, 0.6) is 0 Å². The van der Waals surface area contributed by atoms with Gasteiger partial charge in [0.25, 0.3) is 0 Å². The number of aryl methyl sites for hydroxylation is 1. The van der Waals surface area contributed by atoms with E-state index in [1.54, 1.807) is 0 Å². The number of nitrogens with one attached hydrogen (secondary N) is 1. The SMILES string of the molecule is COC(=O)Cc1ccc(S(=O)(=O)NCc2cc(C(=O)O)c(C)o2)s1. The molecule has 0 aliphatic rings. The van der Waals surface area contributed by atoms with E-state index < -0.39 is 22.0 Å². The zero-order valence-electron chi connectivity index (χ0n) is 12.9. The molecule has 2 aromatic rings. The molecule has 0 atom stereocenters. The number of carboxylic acids is 1. The number of hydrogen-bond acceptors (Lipinski definition) is 7. The number of hydrogen-bond donors (Lipinski definition) is 2. The Morgan fingerprint density at radius 2 is 2.08 bits per heavy atom. The number of ether oxygens (including phenoxy) is 1. The van der Waals surface area contributed by atoms with Crippen LogP contribution in [0.3, 0.4) is 0 Å². The Morgan fingerprint density at radius 1 is 1.38 bits per heavy atom. The minimum absolute atomic E-state index is 0.00393. The van der Waals surface area contributed by atoms with Gasteiger partial charge in [-0.05, 0) is 25.1 Å². The van der Waals surface area contributed by atoms with Crippen molar-refractivity contribution >= 4 is 33.3 Å². The lowest BCUT2D eigenvalue weighted by Crippen LogP contribution is -2.22. The summed E-state index contributed by atoms with van der Waals surface area (Å²) in [4.78, 5) is 22.7. The van der Waals surface area contributed by atoms with Gasteiger partial charge in [0.05, 0.1) is 20.1 Å². The maximum absolute atomic E-state index is 12.2. The van der Waals surface area contributed by atoms with Gasteiger partial charge >= 0.3 is 11.9 Å². The Bertz CT molecular complexity index is 864. The van der Waals surface area contributed by atoms with Gasteiger partial charge < -0.3 is 14.3 Å². The Balaban J connectivity index is 2.07. The van der Waals surface area contributed by atoms with Gasteiger partial charge in [-0.25, -0.2) is 17.9 Å². The average Bonchev–Trinajstić information content (AvgIpc) is 3.12. The van der Waals surface area contributed by atoms with Crippen LogP contribution < -0.4 is 4.72 Å². The zero-order chi connectivity index (χ0) is 17.9. The molecule has 0 aliphatic heterocycles. The van der Waals surface area contributed by atoms with E-state index in [0.29, 0.717) is 4.88 Å². The fourth-order valence-electron chi connectivity index (χ4n) is 1.89. The van der Waals surface area contributed by atoms with E-state index in [0.717, 1.165) is 11.3 Å². The summed E-state index contributed by atoms with van der Waals surface area (Å²) in [6, 6.07) is 4.20. The molecule has 2 aromatic heterocycles. The zero-order valence-corrected chi connectivity index (χ0v) is 14.5. The molecule has 0 unspecified atom stereocenters. The normalized spacial score (nSPS) is 11.4. The highest BCUT2D eigenvalue weighted by Gasteiger charge is 2.20. The number of rotatable bonds is 7. The van der Waals surface area contributed by atoms with Gasteiger partial charge in [0.1, 0.15) is 21.3 Å². The lowest BCUT2D eigenvalue weighted by atomic mass is 10.2. The maximum Gasteiger partial charge on any atom is 0.339 e. The molecular formula is C14H15NO7S2. The van der Waals surface area contributed by atoms with Crippen LogP contribution in [-0.4, -0.2) is 32.6 Å². The number of carboxylic acid groups (broad SMARTS) is 1. The molecule has 24 heavy (non-hydrogen) atoms. The monoisotopic (exact) mass is 373 g/mol. The molecule has 0 spiro atoms. The first-order valence-electron chi connectivity index (χ1n) is 6.70. The predicted molar refractivity (Wildman–Crippen MR) is 84.5 cm³/mol. The van der Waals surface area contributed by atoms with Crippen molar-refractivity contribution in [1.29, 1.82) is 0 Å². The van der Waals surface area contributed by atoms with Crippen LogP contribution in [0, 0.1) is 6.92 Å². The van der Waals surface area contributed by atoms with Gasteiger partial charge in [-0.3, -0.25) is 4.79 Å². The van der Waals surface area contributed by atoms with E-state index in [-0.39, 0.29) is 34.3 Å². The molecule has 10 heteroatoms. The van der Waals surface area contributed by atoms with Crippen molar-refractivity contribution in [2.75, 3.05) is 7.11 Å². The molecule has 0 bridgehead atoms. The van der Waals surface area contributed by atoms with Gasteiger partial charge in [-0.15, -0.1) is 11.3 Å². The molecule has 0 amide bonds. The van der Waals surface area contributed by atoms with E-state index in [2.05, 4.69) is 9.46 Å². The summed E-state index contributed by atoms with van der Waals surface area (Å²) in [6.07, 6.45) is -0.00393. The smallest absolute Gasteiger partial charge is 0.339 e. The molecule has 0 saturated carbocycles. The summed E-state index contributed by atoms with van der Waals surface area (Å²) in [5, 5.41) is 8.95. The number of thiophene rings is 1. The van der Waals surface area contributed by atoms with Crippen LogP contribution in [0.1, 0.15) is 26.8 Å². The van der Waals surface area contributed by atoms with Gasteiger partial charge in [-0.2, -0.15) is 0 Å². The third-order valence-corrected chi connectivity index (χ3v) is 6.06. The fraction of sp³-hybridized carbons (Fsp3) is 0.286. The highest BCUT2D eigenvalue weighted by atomic mass is 32.2. The topological polar surface area (TPSA) is 123 Å². The van der Waals surface area contributed by atoms with E-state index in [1.165, 1.54) is 32.2 Å². The molecule has 0 radical (unpaired) electrons. The molecule has 0 fully saturated rings. The molecule has 8 nitrogen and oxygen atoms in total. The molecule has 2 heterocycles. The first kappa shape index (κ1) is 18.2. The van der Waals surface area contributed by atoms with Crippen molar-refractivity contribution in [3.63, 3.8) is 0 Å². The number of furan rings is 1. The van der Waals surface area contributed by atoms with Gasteiger partial charge in [0, 0.05) is 4.88 Å². The lowest BCUT2D eigenvalue weighted by molar-refractivity contribution is -0.139. The Labute approximate surface area is 142 Å². The van der Waals surface area contributed by atoms with Gasteiger partial charge in [0.2, 0.25) is 10.0 Å². The second kappa shape index (κ2) is 7.16.